The number of fused-ring (bicyclic) bond motifs is 7. The van der Waals surface area contributed by atoms with E-state index in [4.69, 9.17) is 14.2 Å². The summed E-state index contributed by atoms with van der Waals surface area (Å²) in [6.45, 7) is 3.79. The Morgan fingerprint density at radius 2 is 1.10 bits per heavy atom. The monoisotopic (exact) mass is 656 g/mol. The highest BCUT2D eigenvalue weighted by molar-refractivity contribution is 6.02. The molecular formula is C45H36O5. The van der Waals surface area contributed by atoms with Crippen molar-refractivity contribution in [2.75, 3.05) is 13.2 Å². The molecule has 2 heterocycles. The van der Waals surface area contributed by atoms with E-state index in [1.54, 1.807) is 13.8 Å². The van der Waals surface area contributed by atoms with Crippen molar-refractivity contribution < 1.29 is 23.8 Å². The van der Waals surface area contributed by atoms with E-state index in [0.717, 1.165) is 55.6 Å². The highest BCUT2D eigenvalue weighted by Crippen LogP contribution is 2.65. The van der Waals surface area contributed by atoms with Gasteiger partial charge >= 0.3 is 11.9 Å². The molecule has 8 rings (SSSR count). The van der Waals surface area contributed by atoms with Crippen LogP contribution in [0.1, 0.15) is 58.4 Å². The second kappa shape index (κ2) is 12.3. The number of ether oxygens (including phenoxy) is 3. The smallest absolute Gasteiger partial charge is 0.324 e. The summed E-state index contributed by atoms with van der Waals surface area (Å²) in [4.78, 5) is 28.2. The molecule has 246 valence electrons. The van der Waals surface area contributed by atoms with E-state index in [0.29, 0.717) is 0 Å². The zero-order valence-electron chi connectivity index (χ0n) is 28.1. The average Bonchev–Trinajstić information content (AvgIpc) is 3.86. The molecule has 2 bridgehead atoms. The zero-order valence-corrected chi connectivity index (χ0v) is 28.1. The van der Waals surface area contributed by atoms with Gasteiger partial charge in [0.25, 0.3) is 0 Å². The van der Waals surface area contributed by atoms with Gasteiger partial charge < -0.3 is 14.2 Å². The minimum atomic E-state index is -1.58. The number of benzene rings is 5. The van der Waals surface area contributed by atoms with Crippen molar-refractivity contribution in [2.24, 2.45) is 5.41 Å². The predicted octanol–water partition coefficient (Wildman–Crippen LogP) is 8.05. The third kappa shape index (κ3) is 4.67. The van der Waals surface area contributed by atoms with Crippen molar-refractivity contribution >= 4 is 11.9 Å². The van der Waals surface area contributed by atoms with Gasteiger partial charge in [-0.05, 0) is 65.9 Å². The molecule has 0 saturated carbocycles. The molecule has 0 radical (unpaired) electrons. The van der Waals surface area contributed by atoms with Crippen LogP contribution in [0.5, 0.6) is 0 Å². The normalized spacial score (nSPS) is 20.4. The van der Waals surface area contributed by atoms with Crippen molar-refractivity contribution in [3.8, 4) is 23.0 Å². The van der Waals surface area contributed by atoms with Gasteiger partial charge in [-0.25, -0.2) is 0 Å². The zero-order chi connectivity index (χ0) is 34.3. The molecule has 0 amide bonds. The van der Waals surface area contributed by atoms with Gasteiger partial charge in [0, 0.05) is 40.7 Å². The molecule has 50 heavy (non-hydrogen) atoms. The first-order valence-electron chi connectivity index (χ1n) is 17.2. The molecule has 5 nitrogen and oxygen atoms in total. The second-order valence-corrected chi connectivity index (χ2v) is 13.0. The Balaban J connectivity index is 1.54. The topological polar surface area (TPSA) is 61.8 Å². The van der Waals surface area contributed by atoms with Gasteiger partial charge in [-0.3, -0.25) is 9.59 Å². The van der Waals surface area contributed by atoms with Crippen LogP contribution in [0.3, 0.4) is 0 Å². The number of hydrogen-bond acceptors (Lipinski definition) is 5. The van der Waals surface area contributed by atoms with E-state index in [2.05, 4.69) is 60.4 Å². The first-order valence-corrected chi connectivity index (χ1v) is 17.2. The third-order valence-electron chi connectivity index (χ3n) is 10.2. The first kappa shape index (κ1) is 31.6. The molecule has 0 N–H and O–H groups in total. The van der Waals surface area contributed by atoms with Gasteiger partial charge in [0.15, 0.2) is 5.41 Å². The number of esters is 2. The van der Waals surface area contributed by atoms with E-state index >= 15 is 0 Å². The molecule has 0 fully saturated rings. The van der Waals surface area contributed by atoms with Crippen LogP contribution in [-0.4, -0.2) is 25.2 Å². The molecule has 0 saturated heterocycles. The van der Waals surface area contributed by atoms with Gasteiger partial charge in [0.2, 0.25) is 0 Å². The van der Waals surface area contributed by atoms with E-state index in [1.165, 1.54) is 0 Å². The Morgan fingerprint density at radius 3 is 1.64 bits per heavy atom. The Kier molecular flexibility index (Phi) is 7.78. The summed E-state index contributed by atoms with van der Waals surface area (Å²) >= 11 is 0. The predicted molar refractivity (Wildman–Crippen MR) is 192 cm³/mol. The van der Waals surface area contributed by atoms with Gasteiger partial charge in [-0.15, -0.1) is 0 Å². The summed E-state index contributed by atoms with van der Waals surface area (Å²) < 4.78 is 18.8. The lowest BCUT2D eigenvalue weighted by Crippen LogP contribution is -2.43. The first-order chi connectivity index (χ1) is 24.5. The van der Waals surface area contributed by atoms with E-state index in [9.17, 15) is 9.59 Å². The summed E-state index contributed by atoms with van der Waals surface area (Å²) in [6, 6.07) is 40.5. The van der Waals surface area contributed by atoms with E-state index in [1.807, 2.05) is 84.9 Å². The Bertz CT molecular complexity index is 2180. The number of hydrogen-bond donors (Lipinski definition) is 0. The Labute approximate surface area is 292 Å². The summed E-state index contributed by atoms with van der Waals surface area (Å²) in [5.41, 5.74) is 5.56. The fraction of sp³-hybridized carbons (Fsp3) is 0.200. The van der Waals surface area contributed by atoms with Crippen LogP contribution in [-0.2, 0) is 47.8 Å². The van der Waals surface area contributed by atoms with E-state index < -0.39 is 28.6 Å². The molecular weight excluding hydrogens is 620 g/mol. The molecule has 5 aromatic rings. The van der Waals surface area contributed by atoms with Crippen LogP contribution in [0, 0.1) is 17.3 Å². The lowest BCUT2D eigenvalue weighted by Gasteiger charge is -2.30. The van der Waals surface area contributed by atoms with Crippen molar-refractivity contribution in [1.29, 1.82) is 0 Å². The largest absolute Gasteiger partial charge is 0.465 e. The maximum atomic E-state index is 14.1. The van der Waals surface area contributed by atoms with Gasteiger partial charge in [0.1, 0.15) is 11.2 Å². The molecule has 2 unspecified atom stereocenters. The molecule has 2 aliphatic heterocycles. The van der Waals surface area contributed by atoms with E-state index in [-0.39, 0.29) is 26.1 Å². The van der Waals surface area contributed by atoms with Crippen molar-refractivity contribution in [3.63, 3.8) is 0 Å². The molecule has 0 spiro atoms. The highest BCUT2D eigenvalue weighted by atomic mass is 16.6. The van der Waals surface area contributed by atoms with Crippen LogP contribution in [0.4, 0.5) is 0 Å². The summed E-state index contributed by atoms with van der Waals surface area (Å²) in [5, 5.41) is 0. The number of carbonyl (C=O) groups excluding carboxylic acids is 2. The molecule has 1 aliphatic carbocycles. The van der Waals surface area contributed by atoms with Crippen LogP contribution < -0.4 is 0 Å². The fourth-order valence-electron chi connectivity index (χ4n) is 8.09. The van der Waals surface area contributed by atoms with Crippen LogP contribution in [0.2, 0.25) is 0 Å². The van der Waals surface area contributed by atoms with Crippen LogP contribution in [0.25, 0.3) is 11.1 Å². The molecule has 5 aromatic carbocycles. The SMILES string of the molecule is CCOC(=O)C1(C(=O)OCC)Cc2c(C#Cc3ccccc3)c(-c3ccccc3)c3c(c2C1)C1(c2ccccc2)C=CC3(c2ccccc2)O1. The summed E-state index contributed by atoms with van der Waals surface area (Å²) in [7, 11) is 0. The van der Waals surface area contributed by atoms with Crippen LogP contribution >= 0.6 is 0 Å². The van der Waals surface area contributed by atoms with Crippen LogP contribution in [0.15, 0.2) is 133 Å². The van der Waals surface area contributed by atoms with Crippen molar-refractivity contribution in [1.82, 2.24) is 0 Å². The quantitative estimate of drug-likeness (QED) is 0.0768. The van der Waals surface area contributed by atoms with Gasteiger partial charge in [-0.2, -0.15) is 0 Å². The second-order valence-electron chi connectivity index (χ2n) is 13.0. The maximum absolute atomic E-state index is 14.1. The minimum Gasteiger partial charge on any atom is -0.465 e. The van der Waals surface area contributed by atoms with Gasteiger partial charge in [0.05, 0.1) is 13.2 Å². The molecule has 2 atom stereocenters. The fourth-order valence-corrected chi connectivity index (χ4v) is 8.09. The van der Waals surface area contributed by atoms with Crippen molar-refractivity contribution in [2.45, 2.75) is 37.9 Å². The third-order valence-corrected chi connectivity index (χ3v) is 10.2. The lowest BCUT2D eigenvalue weighted by molar-refractivity contribution is -0.171. The standard InChI is InChI=1S/C45H36O5/c1-3-48-41(46)43(42(47)49-4-2)29-36-35(26-25-31-17-9-5-10-18-31)38(32-19-11-6-12-20-32)40-39(37(36)30-43)44(33-21-13-7-14-22-33)27-28-45(40,50-44)34-23-15-8-16-24-34/h5-24,27-28H,3-4,29-30H2,1-2H3. The number of carbonyl (C=O) groups is 2. The Hall–Kier alpha value is -5.70. The van der Waals surface area contributed by atoms with Gasteiger partial charge in [-0.1, -0.05) is 121 Å². The minimum absolute atomic E-state index is 0.0961. The average molecular weight is 657 g/mol. The lowest BCUT2D eigenvalue weighted by atomic mass is 9.69. The summed E-state index contributed by atoms with van der Waals surface area (Å²) in [5.74, 6) is 5.84. The van der Waals surface area contributed by atoms with Crippen molar-refractivity contribution in [3.05, 3.63) is 178 Å². The summed E-state index contributed by atoms with van der Waals surface area (Å²) in [6.07, 6.45) is 4.52. The maximum Gasteiger partial charge on any atom is 0.324 e. The number of rotatable bonds is 7. The Morgan fingerprint density at radius 1 is 0.620 bits per heavy atom. The molecule has 5 heteroatoms. The highest BCUT2D eigenvalue weighted by Gasteiger charge is 2.63. The molecule has 0 aromatic heterocycles. The molecule has 3 aliphatic rings.